The molecular formula is C25H26O6S. The molecule has 5 rings (SSSR count). The summed E-state index contributed by atoms with van der Waals surface area (Å²) in [7, 11) is 0. The molecule has 0 N–H and O–H groups in total. The molecule has 3 aliphatic rings. The van der Waals surface area contributed by atoms with Crippen LogP contribution in [0.4, 0.5) is 0 Å². The van der Waals surface area contributed by atoms with Crippen molar-refractivity contribution in [1.29, 1.82) is 0 Å². The lowest BCUT2D eigenvalue weighted by atomic mass is 9.71. The van der Waals surface area contributed by atoms with Crippen molar-refractivity contribution in [3.63, 3.8) is 0 Å². The van der Waals surface area contributed by atoms with Crippen LogP contribution in [0.25, 0.3) is 5.57 Å². The highest BCUT2D eigenvalue weighted by Gasteiger charge is 2.45. The van der Waals surface area contributed by atoms with Crippen LogP contribution in [0, 0.1) is 11.8 Å². The summed E-state index contributed by atoms with van der Waals surface area (Å²) < 4.78 is 23.2. The number of ketones is 1. The minimum absolute atomic E-state index is 0.0852. The van der Waals surface area contributed by atoms with Crippen molar-refractivity contribution >= 4 is 28.7 Å². The SMILES string of the molecule is CCCC1CC2C(=O)C(c3ccc4c(c3)OCCO4)=COC2CC1OC(=O)c1cccs1. The molecular weight excluding hydrogens is 428 g/mol. The number of carbonyl (C=O) groups is 2. The Morgan fingerprint density at radius 1 is 1.16 bits per heavy atom. The fourth-order valence-electron chi connectivity index (χ4n) is 4.89. The average Bonchev–Trinajstić information content (AvgIpc) is 3.35. The van der Waals surface area contributed by atoms with Gasteiger partial charge in [-0.25, -0.2) is 4.79 Å². The summed E-state index contributed by atoms with van der Waals surface area (Å²) in [5.41, 5.74) is 1.34. The van der Waals surface area contributed by atoms with E-state index in [1.165, 1.54) is 11.3 Å². The summed E-state index contributed by atoms with van der Waals surface area (Å²) >= 11 is 1.38. The van der Waals surface area contributed by atoms with Crippen molar-refractivity contribution in [2.24, 2.45) is 11.8 Å². The maximum absolute atomic E-state index is 13.5. The second-order valence-electron chi connectivity index (χ2n) is 8.48. The number of rotatable bonds is 5. The van der Waals surface area contributed by atoms with E-state index in [4.69, 9.17) is 18.9 Å². The Morgan fingerprint density at radius 3 is 2.78 bits per heavy atom. The van der Waals surface area contributed by atoms with Crippen LogP contribution in [0.2, 0.25) is 0 Å². The summed E-state index contributed by atoms with van der Waals surface area (Å²) in [6, 6.07) is 9.18. The van der Waals surface area contributed by atoms with Gasteiger partial charge in [0.25, 0.3) is 0 Å². The minimum Gasteiger partial charge on any atom is -0.496 e. The molecule has 1 aliphatic carbocycles. The molecule has 1 saturated carbocycles. The summed E-state index contributed by atoms with van der Waals surface area (Å²) in [5.74, 6) is 1.03. The lowest BCUT2D eigenvalue weighted by molar-refractivity contribution is -0.129. The zero-order chi connectivity index (χ0) is 22.1. The highest BCUT2D eigenvalue weighted by atomic mass is 32.1. The molecule has 3 heterocycles. The van der Waals surface area contributed by atoms with Crippen LogP contribution in [0.1, 0.15) is 47.8 Å². The molecule has 4 unspecified atom stereocenters. The number of allylic oxidation sites excluding steroid dienone is 1. The quantitative estimate of drug-likeness (QED) is 0.600. The van der Waals surface area contributed by atoms with Crippen LogP contribution in [0.5, 0.6) is 11.5 Å². The van der Waals surface area contributed by atoms with E-state index in [2.05, 4.69) is 6.92 Å². The molecule has 2 aromatic rings. The molecule has 0 spiro atoms. The molecule has 0 amide bonds. The zero-order valence-electron chi connectivity index (χ0n) is 18.0. The van der Waals surface area contributed by atoms with Crippen molar-refractivity contribution in [1.82, 2.24) is 0 Å². The Balaban J connectivity index is 1.35. The second-order valence-corrected chi connectivity index (χ2v) is 9.42. The van der Waals surface area contributed by atoms with Crippen molar-refractivity contribution in [3.8, 4) is 11.5 Å². The molecule has 7 heteroatoms. The molecule has 1 fully saturated rings. The number of benzene rings is 1. The van der Waals surface area contributed by atoms with Crippen LogP contribution >= 0.6 is 11.3 Å². The number of Topliss-reactive ketones (excluding diaryl/α,β-unsaturated/α-hetero) is 1. The smallest absolute Gasteiger partial charge is 0.348 e. The molecule has 6 nitrogen and oxygen atoms in total. The topological polar surface area (TPSA) is 71.1 Å². The first-order valence-electron chi connectivity index (χ1n) is 11.2. The summed E-state index contributed by atoms with van der Waals surface area (Å²) in [4.78, 5) is 26.6. The Bertz CT molecular complexity index is 1030. The molecule has 168 valence electrons. The van der Waals surface area contributed by atoms with Gasteiger partial charge in [0.05, 0.1) is 17.8 Å². The first-order valence-corrected chi connectivity index (χ1v) is 12.1. The molecule has 0 radical (unpaired) electrons. The number of carbonyl (C=O) groups excluding carboxylic acids is 2. The van der Waals surface area contributed by atoms with Gasteiger partial charge >= 0.3 is 5.97 Å². The fourth-order valence-corrected chi connectivity index (χ4v) is 5.49. The summed E-state index contributed by atoms with van der Waals surface area (Å²) in [5, 5.41) is 1.87. The molecule has 2 aliphatic heterocycles. The summed E-state index contributed by atoms with van der Waals surface area (Å²) in [6.45, 7) is 3.14. The molecule has 32 heavy (non-hydrogen) atoms. The molecule has 4 atom stereocenters. The van der Waals surface area contributed by atoms with E-state index in [1.807, 2.05) is 29.6 Å². The monoisotopic (exact) mass is 454 g/mol. The molecule has 1 aromatic heterocycles. The predicted octanol–water partition coefficient (Wildman–Crippen LogP) is 4.88. The Morgan fingerprint density at radius 2 is 2.00 bits per heavy atom. The van der Waals surface area contributed by atoms with E-state index < -0.39 is 0 Å². The van der Waals surface area contributed by atoms with Crippen LogP contribution in [0.3, 0.4) is 0 Å². The average molecular weight is 455 g/mol. The van der Waals surface area contributed by atoms with Gasteiger partial charge in [-0.3, -0.25) is 4.79 Å². The van der Waals surface area contributed by atoms with E-state index in [0.29, 0.717) is 48.0 Å². The number of esters is 1. The van der Waals surface area contributed by atoms with Gasteiger partial charge in [-0.1, -0.05) is 25.5 Å². The predicted molar refractivity (Wildman–Crippen MR) is 120 cm³/mol. The highest BCUT2D eigenvalue weighted by molar-refractivity contribution is 7.11. The van der Waals surface area contributed by atoms with Crippen molar-refractivity contribution in [2.75, 3.05) is 13.2 Å². The van der Waals surface area contributed by atoms with Gasteiger partial charge in [0.1, 0.15) is 30.3 Å². The van der Waals surface area contributed by atoms with Crippen molar-refractivity contribution < 1.29 is 28.5 Å². The van der Waals surface area contributed by atoms with Crippen LogP contribution in [0.15, 0.2) is 42.0 Å². The van der Waals surface area contributed by atoms with Crippen molar-refractivity contribution in [3.05, 3.63) is 52.4 Å². The maximum atomic E-state index is 13.5. The van der Waals surface area contributed by atoms with E-state index in [-0.39, 0.29) is 35.8 Å². The van der Waals surface area contributed by atoms with E-state index in [9.17, 15) is 9.59 Å². The van der Waals surface area contributed by atoms with Crippen LogP contribution < -0.4 is 9.47 Å². The first kappa shape index (κ1) is 21.1. The number of ether oxygens (including phenoxy) is 4. The van der Waals surface area contributed by atoms with Gasteiger partial charge in [-0.15, -0.1) is 11.3 Å². The minimum atomic E-state index is -0.292. The van der Waals surface area contributed by atoms with Gasteiger partial charge in [-0.2, -0.15) is 0 Å². The number of hydrogen-bond donors (Lipinski definition) is 0. The third-order valence-corrected chi connectivity index (χ3v) is 7.30. The fraction of sp³-hybridized carbons (Fsp3) is 0.440. The van der Waals surface area contributed by atoms with Crippen molar-refractivity contribution in [2.45, 2.75) is 44.8 Å². The Kier molecular flexibility index (Phi) is 5.91. The van der Waals surface area contributed by atoms with Gasteiger partial charge < -0.3 is 18.9 Å². The van der Waals surface area contributed by atoms with Gasteiger partial charge in [-0.05, 0) is 47.9 Å². The Labute approximate surface area is 191 Å². The largest absolute Gasteiger partial charge is 0.496 e. The number of thiophene rings is 1. The number of fused-ring (bicyclic) bond motifs is 2. The van der Waals surface area contributed by atoms with E-state index in [0.717, 1.165) is 18.4 Å². The van der Waals surface area contributed by atoms with Crippen LogP contribution in [-0.2, 0) is 14.3 Å². The summed E-state index contributed by atoms with van der Waals surface area (Å²) in [6.07, 6.45) is 4.09. The van der Waals surface area contributed by atoms with Gasteiger partial charge in [0, 0.05) is 6.42 Å². The Hall–Kier alpha value is -2.80. The molecule has 0 bridgehead atoms. The zero-order valence-corrected chi connectivity index (χ0v) is 18.8. The molecule has 0 saturated heterocycles. The van der Waals surface area contributed by atoms with Gasteiger partial charge in [0.15, 0.2) is 17.3 Å². The standard InChI is InChI=1S/C25H26O6S/c1-2-4-16-11-17-21(13-20(16)31-25(27)23-5-3-10-32-23)30-14-18(24(17)26)15-6-7-19-22(12-15)29-9-8-28-19/h3,5-7,10,12,14,16-17,20-21H,2,4,8-9,11,13H2,1H3. The van der Waals surface area contributed by atoms with E-state index in [1.54, 1.807) is 12.3 Å². The number of hydrogen-bond acceptors (Lipinski definition) is 7. The second kappa shape index (κ2) is 8.98. The third kappa shape index (κ3) is 4.01. The third-order valence-electron chi connectivity index (χ3n) is 6.45. The molecule has 1 aromatic carbocycles. The maximum Gasteiger partial charge on any atom is 0.348 e. The first-order chi connectivity index (χ1) is 15.6. The normalized spacial score (nSPS) is 26.5. The highest BCUT2D eigenvalue weighted by Crippen LogP contribution is 2.42. The lowest BCUT2D eigenvalue weighted by Crippen LogP contribution is -2.46. The van der Waals surface area contributed by atoms with Gasteiger partial charge in [0.2, 0.25) is 0 Å². The van der Waals surface area contributed by atoms with Crippen LogP contribution in [-0.4, -0.2) is 37.2 Å². The lowest BCUT2D eigenvalue weighted by Gasteiger charge is -2.41. The van der Waals surface area contributed by atoms with E-state index >= 15 is 0 Å².